The molecule has 1 aliphatic rings. The smallest absolute Gasteiger partial charge is 0.331 e. The number of ether oxygens (including phenoxy) is 1. The van der Waals surface area contributed by atoms with Gasteiger partial charge in [-0.25, -0.2) is 4.79 Å². The summed E-state index contributed by atoms with van der Waals surface area (Å²) >= 11 is 0. The van der Waals surface area contributed by atoms with Crippen molar-refractivity contribution < 1.29 is 4.74 Å². The van der Waals surface area contributed by atoms with E-state index in [1.807, 2.05) is 31.2 Å². The zero-order chi connectivity index (χ0) is 18.8. The minimum absolute atomic E-state index is 0.267. The second-order valence-electron chi connectivity index (χ2n) is 7.73. The Morgan fingerprint density at radius 3 is 2.35 bits per heavy atom. The molecule has 0 saturated heterocycles. The fourth-order valence-corrected chi connectivity index (χ4v) is 4.00. The van der Waals surface area contributed by atoms with Crippen molar-refractivity contribution in [3.8, 4) is 11.3 Å². The number of aromatic nitrogens is 3. The van der Waals surface area contributed by atoms with E-state index in [2.05, 4.69) is 18.4 Å². The molecule has 0 bridgehead atoms. The van der Waals surface area contributed by atoms with Crippen molar-refractivity contribution in [2.45, 2.75) is 32.9 Å². The molecule has 0 N–H and O–H groups in total. The van der Waals surface area contributed by atoms with Crippen molar-refractivity contribution in [1.82, 2.24) is 13.7 Å². The molecule has 2 aromatic heterocycles. The molecule has 4 rings (SSSR count). The fraction of sp³-hybridized carbons (Fsp3) is 0.400. The van der Waals surface area contributed by atoms with E-state index in [1.165, 1.54) is 11.6 Å². The molecule has 3 aromatic rings. The number of benzene rings is 1. The average Bonchev–Trinajstić information content (AvgIpc) is 2.95. The Labute approximate surface area is 151 Å². The van der Waals surface area contributed by atoms with Gasteiger partial charge in [-0.05, 0) is 26.3 Å². The predicted octanol–water partition coefficient (Wildman–Crippen LogP) is 2.28. The van der Waals surface area contributed by atoms with Crippen LogP contribution in [-0.4, -0.2) is 20.3 Å². The van der Waals surface area contributed by atoms with Crippen molar-refractivity contribution in [3.63, 3.8) is 0 Å². The first-order valence-corrected chi connectivity index (χ1v) is 8.72. The van der Waals surface area contributed by atoms with Crippen LogP contribution in [0.4, 0.5) is 0 Å². The molecule has 6 nitrogen and oxygen atoms in total. The highest BCUT2D eigenvalue weighted by Crippen LogP contribution is 2.39. The second-order valence-corrected chi connectivity index (χ2v) is 7.73. The SMILES string of the molecule is Cc1ccc(-c2c3c(=O)n(C)c(=O)n(C)c3c3n2C(C)(C)COC3)cc1. The second kappa shape index (κ2) is 5.45. The number of fused-ring (bicyclic) bond motifs is 3. The Morgan fingerprint density at radius 2 is 1.69 bits per heavy atom. The van der Waals surface area contributed by atoms with Crippen LogP contribution in [0.1, 0.15) is 25.1 Å². The monoisotopic (exact) mass is 353 g/mol. The zero-order valence-corrected chi connectivity index (χ0v) is 15.8. The first kappa shape index (κ1) is 16.8. The van der Waals surface area contributed by atoms with E-state index >= 15 is 0 Å². The highest BCUT2D eigenvalue weighted by molar-refractivity contribution is 5.96. The minimum Gasteiger partial charge on any atom is -0.373 e. The van der Waals surface area contributed by atoms with Crippen LogP contribution in [0.5, 0.6) is 0 Å². The Balaban J connectivity index is 2.28. The normalized spacial score (nSPS) is 16.0. The van der Waals surface area contributed by atoms with Crippen LogP contribution in [0.15, 0.2) is 33.9 Å². The van der Waals surface area contributed by atoms with Gasteiger partial charge in [0.05, 0.1) is 41.0 Å². The zero-order valence-electron chi connectivity index (χ0n) is 15.8. The third kappa shape index (κ3) is 2.15. The van der Waals surface area contributed by atoms with Crippen molar-refractivity contribution in [2.75, 3.05) is 6.61 Å². The standard InChI is InChI=1S/C20H23N3O3/c1-12-6-8-13(9-7-12)16-15-17(21(4)19(25)22(5)18(15)24)14-10-26-11-20(2,3)23(14)16/h6-9H,10-11H2,1-5H3. The molecule has 0 amide bonds. The molecule has 0 fully saturated rings. The van der Waals surface area contributed by atoms with Crippen LogP contribution in [0.25, 0.3) is 22.2 Å². The summed E-state index contributed by atoms with van der Waals surface area (Å²) in [6, 6.07) is 8.15. The summed E-state index contributed by atoms with van der Waals surface area (Å²) < 4.78 is 10.7. The lowest BCUT2D eigenvalue weighted by Gasteiger charge is -2.35. The Kier molecular flexibility index (Phi) is 3.53. The summed E-state index contributed by atoms with van der Waals surface area (Å²) in [4.78, 5) is 25.6. The maximum Gasteiger partial charge on any atom is 0.331 e. The topological polar surface area (TPSA) is 58.2 Å². The first-order chi connectivity index (χ1) is 12.2. The summed E-state index contributed by atoms with van der Waals surface area (Å²) in [5, 5.41) is 0.576. The Hall–Kier alpha value is -2.60. The molecule has 1 aromatic carbocycles. The molecule has 0 unspecified atom stereocenters. The molecule has 6 heteroatoms. The predicted molar refractivity (Wildman–Crippen MR) is 102 cm³/mol. The maximum absolute atomic E-state index is 13.1. The Morgan fingerprint density at radius 1 is 1.04 bits per heavy atom. The lowest BCUT2D eigenvalue weighted by Crippen LogP contribution is -2.38. The summed E-state index contributed by atoms with van der Waals surface area (Å²) in [5.41, 5.74) is 3.62. The molecular weight excluding hydrogens is 330 g/mol. The molecule has 136 valence electrons. The average molecular weight is 353 g/mol. The van der Waals surface area contributed by atoms with Gasteiger partial charge in [-0.1, -0.05) is 29.8 Å². The lowest BCUT2D eigenvalue weighted by molar-refractivity contribution is 0.0228. The van der Waals surface area contributed by atoms with E-state index < -0.39 is 0 Å². The molecule has 0 saturated carbocycles. The van der Waals surface area contributed by atoms with Crippen molar-refractivity contribution >= 4 is 10.9 Å². The molecule has 0 radical (unpaired) electrons. The number of hydrogen-bond acceptors (Lipinski definition) is 3. The van der Waals surface area contributed by atoms with Gasteiger partial charge in [0.2, 0.25) is 0 Å². The van der Waals surface area contributed by atoms with Gasteiger partial charge < -0.3 is 9.30 Å². The summed E-state index contributed by atoms with van der Waals surface area (Å²) in [6.07, 6.45) is 0. The first-order valence-electron chi connectivity index (χ1n) is 8.72. The molecular formula is C20H23N3O3. The van der Waals surface area contributed by atoms with Gasteiger partial charge in [-0.2, -0.15) is 0 Å². The van der Waals surface area contributed by atoms with E-state index in [4.69, 9.17) is 4.74 Å². The van der Waals surface area contributed by atoms with Crippen LogP contribution in [-0.2, 0) is 31.0 Å². The van der Waals surface area contributed by atoms with Crippen LogP contribution in [0, 0.1) is 6.92 Å². The molecule has 1 aliphatic heterocycles. The van der Waals surface area contributed by atoms with Crippen LogP contribution >= 0.6 is 0 Å². The summed E-state index contributed by atoms with van der Waals surface area (Å²) in [6.45, 7) is 7.15. The van der Waals surface area contributed by atoms with Gasteiger partial charge in [-0.15, -0.1) is 0 Å². The van der Waals surface area contributed by atoms with E-state index in [1.54, 1.807) is 11.6 Å². The third-order valence-electron chi connectivity index (χ3n) is 5.29. The van der Waals surface area contributed by atoms with Crippen LogP contribution < -0.4 is 11.2 Å². The van der Waals surface area contributed by atoms with Crippen molar-refractivity contribution in [3.05, 3.63) is 56.4 Å². The van der Waals surface area contributed by atoms with Crippen molar-refractivity contribution in [1.29, 1.82) is 0 Å². The van der Waals surface area contributed by atoms with Gasteiger partial charge in [0.15, 0.2) is 0 Å². The summed E-state index contributed by atoms with van der Waals surface area (Å²) in [5.74, 6) is 0. The quantitative estimate of drug-likeness (QED) is 0.674. The van der Waals surface area contributed by atoms with E-state index in [0.29, 0.717) is 24.1 Å². The molecule has 26 heavy (non-hydrogen) atoms. The van der Waals surface area contributed by atoms with Gasteiger partial charge >= 0.3 is 5.69 Å². The summed E-state index contributed by atoms with van der Waals surface area (Å²) in [7, 11) is 3.24. The third-order valence-corrected chi connectivity index (χ3v) is 5.29. The van der Waals surface area contributed by atoms with Gasteiger partial charge in [0, 0.05) is 14.1 Å². The van der Waals surface area contributed by atoms with Crippen molar-refractivity contribution in [2.24, 2.45) is 14.1 Å². The fourth-order valence-electron chi connectivity index (χ4n) is 4.00. The lowest BCUT2D eigenvalue weighted by atomic mass is 10.0. The maximum atomic E-state index is 13.1. The van der Waals surface area contributed by atoms with Crippen LogP contribution in [0.3, 0.4) is 0 Å². The molecule has 0 atom stereocenters. The van der Waals surface area contributed by atoms with E-state index in [-0.39, 0.29) is 16.8 Å². The van der Waals surface area contributed by atoms with Gasteiger partial charge in [0.25, 0.3) is 5.56 Å². The number of nitrogens with zero attached hydrogens (tertiary/aromatic N) is 3. The van der Waals surface area contributed by atoms with Gasteiger partial charge in [-0.3, -0.25) is 13.9 Å². The van der Waals surface area contributed by atoms with Gasteiger partial charge in [0.1, 0.15) is 0 Å². The van der Waals surface area contributed by atoms with E-state index in [9.17, 15) is 9.59 Å². The highest BCUT2D eigenvalue weighted by atomic mass is 16.5. The van der Waals surface area contributed by atoms with E-state index in [0.717, 1.165) is 22.5 Å². The highest BCUT2D eigenvalue weighted by Gasteiger charge is 2.35. The number of aryl methyl sites for hydroxylation is 2. The number of rotatable bonds is 1. The molecule has 0 aliphatic carbocycles. The Bertz CT molecular complexity index is 1140. The number of hydrogen-bond donors (Lipinski definition) is 0. The minimum atomic E-state index is -0.326. The van der Waals surface area contributed by atoms with Crippen LogP contribution in [0.2, 0.25) is 0 Å². The molecule has 0 spiro atoms. The largest absolute Gasteiger partial charge is 0.373 e. The molecule has 3 heterocycles.